The number of hydrogen-bond donors (Lipinski definition) is 2. The average molecular weight is 293 g/mol. The van der Waals surface area contributed by atoms with Gasteiger partial charge in [0.15, 0.2) is 5.54 Å². The molecule has 0 radical (unpaired) electrons. The Morgan fingerprint density at radius 1 is 1.48 bits per heavy atom. The van der Waals surface area contributed by atoms with Crippen LogP contribution in [0.25, 0.3) is 0 Å². The van der Waals surface area contributed by atoms with Crippen molar-refractivity contribution in [3.8, 4) is 0 Å². The number of carbonyl (C=O) groups is 2. The molecule has 2 heterocycles. The first-order valence-electron chi connectivity index (χ1n) is 7.37. The maximum atomic E-state index is 12.6. The maximum absolute atomic E-state index is 12.6. The number of nitrogens with zero attached hydrogens (tertiary/aromatic N) is 1. The zero-order chi connectivity index (χ0) is 15.5. The molecule has 3 amide bonds. The van der Waals surface area contributed by atoms with Gasteiger partial charge in [-0.25, -0.2) is 4.79 Å². The molecule has 1 fully saturated rings. The number of imide groups is 1. The van der Waals surface area contributed by atoms with Gasteiger partial charge in [-0.05, 0) is 44.5 Å². The summed E-state index contributed by atoms with van der Waals surface area (Å²) < 4.78 is 5.30. The van der Waals surface area contributed by atoms with Gasteiger partial charge in [-0.3, -0.25) is 9.69 Å². The van der Waals surface area contributed by atoms with E-state index in [0.717, 1.165) is 19.5 Å². The van der Waals surface area contributed by atoms with E-state index in [1.807, 2.05) is 6.92 Å². The quantitative estimate of drug-likeness (QED) is 0.592. The van der Waals surface area contributed by atoms with Crippen molar-refractivity contribution < 1.29 is 14.0 Å². The molecule has 2 N–H and O–H groups in total. The molecule has 1 saturated heterocycles. The van der Waals surface area contributed by atoms with Crippen molar-refractivity contribution in [1.82, 2.24) is 15.5 Å². The topological polar surface area (TPSA) is 74.6 Å². The second kappa shape index (κ2) is 6.30. The van der Waals surface area contributed by atoms with Crippen LogP contribution >= 0.6 is 0 Å². The molecule has 1 aliphatic rings. The molecule has 2 rings (SSSR count). The Morgan fingerprint density at radius 3 is 2.86 bits per heavy atom. The fraction of sp³-hybridized carbons (Fsp3) is 0.600. The third kappa shape index (κ3) is 3.10. The molecular formula is C15H23N3O3. The molecule has 0 aromatic carbocycles. The summed E-state index contributed by atoms with van der Waals surface area (Å²) in [5.74, 6) is 0.398. The van der Waals surface area contributed by atoms with Gasteiger partial charge in [-0.2, -0.15) is 0 Å². The zero-order valence-electron chi connectivity index (χ0n) is 12.8. The minimum atomic E-state index is -1.10. The Labute approximate surface area is 124 Å². The summed E-state index contributed by atoms with van der Waals surface area (Å²) in [5, 5.41) is 6.03. The highest BCUT2D eigenvalue weighted by Gasteiger charge is 2.50. The highest BCUT2D eigenvalue weighted by Crippen LogP contribution is 2.29. The minimum absolute atomic E-state index is 0.199. The molecule has 2 atom stereocenters. The summed E-state index contributed by atoms with van der Waals surface area (Å²) in [6.07, 6.45) is 2.56. The van der Waals surface area contributed by atoms with Crippen LogP contribution in [0.15, 0.2) is 22.8 Å². The van der Waals surface area contributed by atoms with Crippen molar-refractivity contribution >= 4 is 11.9 Å². The number of rotatable bonds is 7. The normalized spacial score (nSPS) is 23.5. The van der Waals surface area contributed by atoms with Crippen LogP contribution in [-0.2, 0) is 10.3 Å². The molecule has 0 aliphatic carbocycles. The Hall–Kier alpha value is -1.82. The van der Waals surface area contributed by atoms with Crippen LogP contribution in [0, 0.1) is 5.92 Å². The first-order valence-corrected chi connectivity index (χ1v) is 7.37. The van der Waals surface area contributed by atoms with Gasteiger partial charge in [0, 0.05) is 6.54 Å². The molecule has 116 valence electrons. The maximum Gasteiger partial charge on any atom is 0.325 e. The molecule has 1 aromatic heterocycles. The van der Waals surface area contributed by atoms with Crippen LogP contribution < -0.4 is 10.6 Å². The first-order chi connectivity index (χ1) is 9.99. The van der Waals surface area contributed by atoms with Gasteiger partial charge in [-0.15, -0.1) is 0 Å². The summed E-state index contributed by atoms with van der Waals surface area (Å²) in [4.78, 5) is 25.9. The molecule has 0 spiro atoms. The SMILES string of the molecule is CCCNCC(C)CN1C(=O)NC(C)(c2ccco2)C1=O. The van der Waals surface area contributed by atoms with E-state index in [0.29, 0.717) is 12.3 Å². The number of amides is 3. The van der Waals surface area contributed by atoms with Crippen molar-refractivity contribution in [2.24, 2.45) is 5.92 Å². The van der Waals surface area contributed by atoms with Crippen LogP contribution in [0.1, 0.15) is 33.0 Å². The predicted octanol–water partition coefficient (Wildman–Crippen LogP) is 1.68. The number of hydrogen-bond acceptors (Lipinski definition) is 4. The van der Waals surface area contributed by atoms with Gasteiger partial charge in [0.1, 0.15) is 5.76 Å². The van der Waals surface area contributed by atoms with Crippen molar-refractivity contribution in [2.75, 3.05) is 19.6 Å². The fourth-order valence-electron chi connectivity index (χ4n) is 2.49. The lowest BCUT2D eigenvalue weighted by Gasteiger charge is -2.21. The summed E-state index contributed by atoms with van der Waals surface area (Å²) in [5.41, 5.74) is -1.10. The summed E-state index contributed by atoms with van der Waals surface area (Å²) in [7, 11) is 0. The van der Waals surface area contributed by atoms with E-state index >= 15 is 0 Å². The molecule has 0 saturated carbocycles. The Balaban J connectivity index is 2.02. The second-order valence-corrected chi connectivity index (χ2v) is 5.76. The molecule has 1 aromatic rings. The standard InChI is InChI=1S/C15H23N3O3/c1-4-7-16-9-11(2)10-18-13(19)15(3,17-14(18)20)12-6-5-8-21-12/h5-6,8,11,16H,4,7,9-10H2,1-3H3,(H,17,20). The van der Waals surface area contributed by atoms with Gasteiger partial charge in [0.05, 0.1) is 6.26 Å². The van der Waals surface area contributed by atoms with Crippen LogP contribution in [-0.4, -0.2) is 36.5 Å². The van der Waals surface area contributed by atoms with Gasteiger partial charge in [0.25, 0.3) is 5.91 Å². The van der Waals surface area contributed by atoms with E-state index in [-0.39, 0.29) is 17.9 Å². The lowest BCUT2D eigenvalue weighted by Crippen LogP contribution is -2.41. The highest BCUT2D eigenvalue weighted by atomic mass is 16.3. The third-order valence-corrected chi connectivity index (χ3v) is 3.70. The Morgan fingerprint density at radius 2 is 2.24 bits per heavy atom. The zero-order valence-corrected chi connectivity index (χ0v) is 12.8. The fourth-order valence-corrected chi connectivity index (χ4v) is 2.49. The molecule has 0 bridgehead atoms. The number of nitrogens with one attached hydrogen (secondary N) is 2. The van der Waals surface area contributed by atoms with E-state index in [1.165, 1.54) is 11.2 Å². The van der Waals surface area contributed by atoms with Gasteiger partial charge < -0.3 is 15.1 Å². The molecule has 1 aliphatic heterocycles. The van der Waals surface area contributed by atoms with Crippen molar-refractivity contribution in [1.29, 1.82) is 0 Å². The summed E-state index contributed by atoms with van der Waals surface area (Å²) in [6, 6.07) is 3.05. The number of carbonyl (C=O) groups excluding carboxylic acids is 2. The smallest absolute Gasteiger partial charge is 0.325 e. The highest BCUT2D eigenvalue weighted by molar-refractivity contribution is 6.06. The van der Waals surface area contributed by atoms with E-state index in [9.17, 15) is 9.59 Å². The van der Waals surface area contributed by atoms with E-state index in [4.69, 9.17) is 4.42 Å². The molecular weight excluding hydrogens is 270 g/mol. The first kappa shape index (κ1) is 15.6. The lowest BCUT2D eigenvalue weighted by atomic mass is 9.99. The van der Waals surface area contributed by atoms with E-state index in [1.54, 1.807) is 19.1 Å². The number of furan rings is 1. The Bertz CT molecular complexity index is 500. The minimum Gasteiger partial charge on any atom is -0.466 e. The lowest BCUT2D eigenvalue weighted by molar-refractivity contribution is -0.132. The number of urea groups is 1. The summed E-state index contributed by atoms with van der Waals surface area (Å²) in [6.45, 7) is 7.91. The second-order valence-electron chi connectivity index (χ2n) is 5.76. The Kier molecular flexibility index (Phi) is 4.67. The van der Waals surface area contributed by atoms with Crippen molar-refractivity contribution in [2.45, 2.75) is 32.7 Å². The van der Waals surface area contributed by atoms with Gasteiger partial charge in [0.2, 0.25) is 0 Å². The molecule has 2 unspecified atom stereocenters. The van der Waals surface area contributed by atoms with Gasteiger partial charge in [-0.1, -0.05) is 13.8 Å². The third-order valence-electron chi connectivity index (χ3n) is 3.70. The average Bonchev–Trinajstić information content (AvgIpc) is 3.04. The molecule has 6 nitrogen and oxygen atoms in total. The predicted molar refractivity (Wildman–Crippen MR) is 78.6 cm³/mol. The largest absolute Gasteiger partial charge is 0.466 e. The van der Waals surface area contributed by atoms with Crippen LogP contribution in [0.5, 0.6) is 0 Å². The van der Waals surface area contributed by atoms with Crippen molar-refractivity contribution in [3.05, 3.63) is 24.2 Å². The van der Waals surface area contributed by atoms with Crippen LogP contribution in [0.3, 0.4) is 0 Å². The van der Waals surface area contributed by atoms with Crippen LogP contribution in [0.2, 0.25) is 0 Å². The summed E-state index contributed by atoms with van der Waals surface area (Å²) >= 11 is 0. The van der Waals surface area contributed by atoms with E-state index < -0.39 is 5.54 Å². The van der Waals surface area contributed by atoms with Crippen LogP contribution in [0.4, 0.5) is 4.79 Å². The monoisotopic (exact) mass is 293 g/mol. The molecule has 6 heteroatoms. The van der Waals surface area contributed by atoms with Gasteiger partial charge >= 0.3 is 6.03 Å². The van der Waals surface area contributed by atoms with Crippen molar-refractivity contribution in [3.63, 3.8) is 0 Å². The molecule has 21 heavy (non-hydrogen) atoms. The van der Waals surface area contributed by atoms with E-state index in [2.05, 4.69) is 17.6 Å².